The second-order valence-electron chi connectivity index (χ2n) is 8.45. The van der Waals surface area contributed by atoms with Crippen LogP contribution in [0, 0.1) is 13.8 Å². The predicted molar refractivity (Wildman–Crippen MR) is 151 cm³/mol. The van der Waals surface area contributed by atoms with Crippen molar-refractivity contribution in [1.29, 1.82) is 0 Å². The average molecular weight is 581 g/mol. The lowest BCUT2D eigenvalue weighted by Gasteiger charge is -2.14. The Hall–Kier alpha value is -4.18. The quantitative estimate of drug-likeness (QED) is 0.192. The number of hydrogen-bond acceptors (Lipinski definition) is 6. The van der Waals surface area contributed by atoms with Gasteiger partial charge in [-0.2, -0.15) is 5.10 Å². The summed E-state index contributed by atoms with van der Waals surface area (Å²) >= 11 is 3.42. The minimum Gasteiger partial charge on any atom is -0.493 e. The van der Waals surface area contributed by atoms with Crippen LogP contribution >= 0.6 is 15.9 Å². The summed E-state index contributed by atoms with van der Waals surface area (Å²) in [5.74, 6) is -1.40. The molecule has 0 spiro atoms. The molecule has 0 aliphatic heterocycles. The van der Waals surface area contributed by atoms with Crippen LogP contribution in [0.1, 0.15) is 29.2 Å². The van der Waals surface area contributed by atoms with Crippen molar-refractivity contribution in [2.45, 2.75) is 27.2 Å². The molecule has 38 heavy (non-hydrogen) atoms. The minimum absolute atomic E-state index is 0.234. The standard InChI is InChI=1S/C28H29BrN4O5/c1-5-19-6-8-21(9-7-19)32-27(35)28(36)33-30-15-20-13-23(29)26(24(14-20)37-4)38-16-25(34)31-22-11-17(2)10-18(3)12-22/h6-15H,5,16H2,1-4H3,(H,31,34)(H,32,35)(H,33,36)/b30-15+. The minimum atomic E-state index is -0.915. The molecule has 0 bridgehead atoms. The molecule has 0 fully saturated rings. The molecular weight excluding hydrogens is 552 g/mol. The molecular formula is C28H29BrN4O5. The summed E-state index contributed by atoms with van der Waals surface area (Å²) in [6.45, 7) is 5.71. The Labute approximate surface area is 229 Å². The van der Waals surface area contributed by atoms with Gasteiger partial charge in [-0.3, -0.25) is 14.4 Å². The summed E-state index contributed by atoms with van der Waals surface area (Å²) in [6, 6.07) is 16.3. The molecule has 3 aromatic carbocycles. The van der Waals surface area contributed by atoms with E-state index in [2.05, 4.69) is 37.1 Å². The number of nitrogens with one attached hydrogen (secondary N) is 3. The number of benzene rings is 3. The highest BCUT2D eigenvalue weighted by atomic mass is 79.9. The predicted octanol–water partition coefficient (Wildman–Crippen LogP) is 4.74. The molecule has 9 nitrogen and oxygen atoms in total. The third-order valence-corrected chi connectivity index (χ3v) is 5.90. The Balaban J connectivity index is 1.57. The molecule has 10 heteroatoms. The number of halogens is 1. The molecule has 0 heterocycles. The van der Waals surface area contributed by atoms with Gasteiger partial charge in [0.15, 0.2) is 18.1 Å². The summed E-state index contributed by atoms with van der Waals surface area (Å²) in [7, 11) is 1.46. The molecule has 3 N–H and O–H groups in total. The van der Waals surface area contributed by atoms with E-state index in [1.807, 2.05) is 51.1 Å². The van der Waals surface area contributed by atoms with Crippen LogP contribution in [0.4, 0.5) is 11.4 Å². The molecule has 0 atom stereocenters. The summed E-state index contributed by atoms with van der Waals surface area (Å²) in [5.41, 5.74) is 7.16. The number of methoxy groups -OCH3 is 1. The van der Waals surface area contributed by atoms with Crippen molar-refractivity contribution >= 4 is 51.2 Å². The van der Waals surface area contributed by atoms with E-state index >= 15 is 0 Å². The fourth-order valence-electron chi connectivity index (χ4n) is 3.56. The maximum atomic E-state index is 12.4. The van der Waals surface area contributed by atoms with Crippen molar-refractivity contribution in [3.8, 4) is 11.5 Å². The zero-order valence-corrected chi connectivity index (χ0v) is 23.1. The summed E-state index contributed by atoms with van der Waals surface area (Å²) < 4.78 is 11.6. The first kappa shape index (κ1) is 28.4. The van der Waals surface area contributed by atoms with Crippen molar-refractivity contribution in [3.63, 3.8) is 0 Å². The fraction of sp³-hybridized carbons (Fsp3) is 0.214. The maximum absolute atomic E-state index is 12.4. The molecule has 0 aliphatic carbocycles. The van der Waals surface area contributed by atoms with Crippen LogP contribution < -0.4 is 25.5 Å². The van der Waals surface area contributed by atoms with Gasteiger partial charge in [-0.05, 0) is 94.9 Å². The van der Waals surface area contributed by atoms with Crippen molar-refractivity contribution in [3.05, 3.63) is 81.3 Å². The molecule has 0 unspecified atom stereocenters. The van der Waals surface area contributed by atoms with Gasteiger partial charge >= 0.3 is 11.8 Å². The number of aryl methyl sites for hydroxylation is 3. The first-order valence-corrected chi connectivity index (χ1v) is 12.6. The number of carbonyl (C=O) groups is 3. The number of carbonyl (C=O) groups excluding carboxylic acids is 3. The lowest BCUT2D eigenvalue weighted by atomic mass is 10.1. The van der Waals surface area contributed by atoms with Gasteiger partial charge in [0, 0.05) is 11.4 Å². The Bertz CT molecular complexity index is 1340. The number of hydrogen-bond donors (Lipinski definition) is 3. The number of rotatable bonds is 9. The highest BCUT2D eigenvalue weighted by Crippen LogP contribution is 2.36. The molecule has 0 aliphatic rings. The van der Waals surface area contributed by atoms with E-state index in [9.17, 15) is 14.4 Å². The molecule has 0 aromatic heterocycles. The summed E-state index contributed by atoms with van der Waals surface area (Å²) in [4.78, 5) is 36.6. The topological polar surface area (TPSA) is 118 Å². The Morgan fingerprint density at radius 2 is 1.61 bits per heavy atom. The first-order valence-electron chi connectivity index (χ1n) is 11.8. The van der Waals surface area contributed by atoms with Crippen molar-refractivity contribution < 1.29 is 23.9 Å². The fourth-order valence-corrected chi connectivity index (χ4v) is 4.14. The molecule has 3 rings (SSSR count). The van der Waals surface area contributed by atoms with Gasteiger partial charge in [0.2, 0.25) is 0 Å². The van der Waals surface area contributed by atoms with Gasteiger partial charge in [-0.25, -0.2) is 5.43 Å². The van der Waals surface area contributed by atoms with E-state index in [-0.39, 0.29) is 12.5 Å². The van der Waals surface area contributed by atoms with E-state index in [4.69, 9.17) is 9.47 Å². The van der Waals surface area contributed by atoms with E-state index in [0.29, 0.717) is 32.9 Å². The Morgan fingerprint density at radius 1 is 0.921 bits per heavy atom. The molecule has 0 saturated carbocycles. The second kappa shape index (κ2) is 13.4. The second-order valence-corrected chi connectivity index (χ2v) is 9.31. The Kier molecular flexibility index (Phi) is 10.0. The van der Waals surface area contributed by atoms with Crippen LogP contribution in [0.5, 0.6) is 11.5 Å². The number of ether oxygens (including phenoxy) is 2. The van der Waals surface area contributed by atoms with Gasteiger partial charge in [0.05, 0.1) is 17.8 Å². The van der Waals surface area contributed by atoms with Crippen LogP contribution in [0.15, 0.2) is 64.2 Å². The number of hydrazone groups is 1. The molecule has 3 aromatic rings. The normalized spacial score (nSPS) is 10.7. The maximum Gasteiger partial charge on any atom is 0.329 e. The molecule has 3 amide bonds. The number of anilines is 2. The smallest absolute Gasteiger partial charge is 0.329 e. The third-order valence-electron chi connectivity index (χ3n) is 5.31. The van der Waals surface area contributed by atoms with E-state index in [0.717, 1.165) is 23.1 Å². The lowest BCUT2D eigenvalue weighted by molar-refractivity contribution is -0.136. The van der Waals surface area contributed by atoms with Crippen molar-refractivity contribution in [1.82, 2.24) is 5.43 Å². The van der Waals surface area contributed by atoms with E-state index < -0.39 is 11.8 Å². The zero-order chi connectivity index (χ0) is 27.7. The number of amides is 3. The van der Waals surface area contributed by atoms with Gasteiger partial charge in [0.1, 0.15) is 0 Å². The van der Waals surface area contributed by atoms with Crippen LogP contribution in [-0.4, -0.2) is 37.7 Å². The average Bonchev–Trinajstić information content (AvgIpc) is 2.87. The summed E-state index contributed by atoms with van der Waals surface area (Å²) in [5, 5.41) is 9.18. The highest BCUT2D eigenvalue weighted by molar-refractivity contribution is 9.10. The Morgan fingerprint density at radius 3 is 2.24 bits per heavy atom. The largest absolute Gasteiger partial charge is 0.493 e. The lowest BCUT2D eigenvalue weighted by Crippen LogP contribution is -2.32. The van der Waals surface area contributed by atoms with Gasteiger partial charge in [-0.1, -0.05) is 25.1 Å². The summed E-state index contributed by atoms with van der Waals surface area (Å²) in [6.07, 6.45) is 2.23. The SMILES string of the molecule is CCc1ccc(NC(=O)C(=O)N/N=C/c2cc(Br)c(OCC(=O)Nc3cc(C)cc(C)c3)c(OC)c2)cc1. The van der Waals surface area contributed by atoms with Crippen LogP contribution in [0.3, 0.4) is 0 Å². The third kappa shape index (κ3) is 8.17. The van der Waals surface area contributed by atoms with Crippen LogP contribution in [0.25, 0.3) is 0 Å². The van der Waals surface area contributed by atoms with Crippen LogP contribution in [0.2, 0.25) is 0 Å². The number of nitrogens with zero attached hydrogens (tertiary/aromatic N) is 1. The van der Waals surface area contributed by atoms with Crippen LogP contribution in [-0.2, 0) is 20.8 Å². The molecule has 198 valence electrons. The van der Waals surface area contributed by atoms with E-state index in [1.165, 1.54) is 13.3 Å². The zero-order valence-electron chi connectivity index (χ0n) is 21.6. The van der Waals surface area contributed by atoms with Gasteiger partial charge < -0.3 is 20.1 Å². The van der Waals surface area contributed by atoms with E-state index in [1.54, 1.807) is 24.3 Å². The van der Waals surface area contributed by atoms with Gasteiger partial charge in [0.25, 0.3) is 5.91 Å². The highest BCUT2D eigenvalue weighted by Gasteiger charge is 2.15. The molecule has 0 saturated heterocycles. The van der Waals surface area contributed by atoms with Crippen molar-refractivity contribution in [2.24, 2.45) is 5.10 Å². The van der Waals surface area contributed by atoms with Crippen molar-refractivity contribution in [2.75, 3.05) is 24.4 Å². The molecule has 0 radical (unpaired) electrons. The monoisotopic (exact) mass is 580 g/mol. The van der Waals surface area contributed by atoms with Gasteiger partial charge in [-0.15, -0.1) is 0 Å². The first-order chi connectivity index (χ1) is 18.2.